The van der Waals surface area contributed by atoms with Gasteiger partial charge in [-0.2, -0.15) is 13.2 Å². The van der Waals surface area contributed by atoms with Crippen molar-refractivity contribution in [2.75, 3.05) is 0 Å². The fraction of sp³-hybridized carbons (Fsp3) is 0.273. The molecule has 1 amide bonds. The van der Waals surface area contributed by atoms with Gasteiger partial charge in [0.1, 0.15) is 0 Å². The minimum Gasteiger partial charge on any atom is -0.409 e. The van der Waals surface area contributed by atoms with Crippen LogP contribution in [0.5, 0.6) is 0 Å². The number of amides is 1. The second kappa shape index (κ2) is 6.12. The van der Waals surface area contributed by atoms with Gasteiger partial charge in [-0.3, -0.25) is 4.79 Å². The van der Waals surface area contributed by atoms with Crippen molar-refractivity contribution in [3.05, 3.63) is 33.8 Å². The summed E-state index contributed by atoms with van der Waals surface area (Å²) in [6.45, 7) is 1.43. The molecule has 0 saturated carbocycles. The molecule has 0 saturated heterocycles. The van der Waals surface area contributed by atoms with Crippen LogP contribution in [0.1, 0.15) is 22.8 Å². The number of carbonyl (C=O) groups is 1. The highest BCUT2D eigenvalue weighted by atomic mass is 79.9. The Balaban J connectivity index is 3.01. The lowest BCUT2D eigenvalue weighted by Crippen LogP contribution is -2.42. The fourth-order valence-corrected chi connectivity index (χ4v) is 1.80. The predicted molar refractivity (Wildman–Crippen MR) is 69.5 cm³/mol. The lowest BCUT2D eigenvalue weighted by molar-refractivity contribution is -0.138. The number of nitrogens with zero attached hydrogens (tertiary/aromatic N) is 1. The van der Waals surface area contributed by atoms with Crippen molar-refractivity contribution in [3.63, 3.8) is 0 Å². The number of hydrogen-bond acceptors (Lipinski definition) is 3. The summed E-state index contributed by atoms with van der Waals surface area (Å²) in [5.41, 5.74) is 4.12. The molecule has 1 unspecified atom stereocenters. The molecule has 1 aromatic rings. The third kappa shape index (κ3) is 3.86. The molecular weight excluding hydrogens is 343 g/mol. The Hall–Kier alpha value is -1.77. The summed E-state index contributed by atoms with van der Waals surface area (Å²) in [6, 6.07) is 2.27. The molecule has 0 heterocycles. The monoisotopic (exact) mass is 353 g/mol. The number of nitrogens with two attached hydrogens (primary N) is 1. The summed E-state index contributed by atoms with van der Waals surface area (Å²) in [4.78, 5) is 11.8. The van der Waals surface area contributed by atoms with Crippen LogP contribution >= 0.6 is 15.9 Å². The van der Waals surface area contributed by atoms with E-state index in [1.54, 1.807) is 0 Å². The SMILES string of the molecule is CC(NC(=O)c1ccc(Br)c(C(F)(F)F)c1)/C(N)=N/O. The topological polar surface area (TPSA) is 87.7 Å². The Morgan fingerprint density at radius 2 is 2.10 bits per heavy atom. The van der Waals surface area contributed by atoms with Crippen LogP contribution in [0.25, 0.3) is 0 Å². The highest BCUT2D eigenvalue weighted by Gasteiger charge is 2.33. The van der Waals surface area contributed by atoms with E-state index in [-0.39, 0.29) is 15.9 Å². The molecule has 0 aliphatic rings. The highest BCUT2D eigenvalue weighted by Crippen LogP contribution is 2.35. The molecule has 0 aliphatic heterocycles. The molecule has 0 fully saturated rings. The second-order valence-corrected chi connectivity index (χ2v) is 4.77. The van der Waals surface area contributed by atoms with Crippen molar-refractivity contribution in [1.29, 1.82) is 0 Å². The molecule has 5 nitrogen and oxygen atoms in total. The number of benzene rings is 1. The zero-order chi connectivity index (χ0) is 15.5. The van der Waals surface area contributed by atoms with Gasteiger partial charge in [0.15, 0.2) is 5.84 Å². The highest BCUT2D eigenvalue weighted by molar-refractivity contribution is 9.10. The van der Waals surface area contributed by atoms with Crippen molar-refractivity contribution in [3.8, 4) is 0 Å². The van der Waals surface area contributed by atoms with Crippen LogP contribution in [0.3, 0.4) is 0 Å². The summed E-state index contributed by atoms with van der Waals surface area (Å²) in [7, 11) is 0. The summed E-state index contributed by atoms with van der Waals surface area (Å²) in [6.07, 6.45) is -4.58. The lowest BCUT2D eigenvalue weighted by atomic mass is 10.1. The molecule has 9 heteroatoms. The maximum Gasteiger partial charge on any atom is 0.417 e. The Bertz CT molecular complexity index is 546. The summed E-state index contributed by atoms with van der Waals surface area (Å²) >= 11 is 2.78. The molecule has 0 aromatic heterocycles. The van der Waals surface area contributed by atoms with Gasteiger partial charge in [-0.15, -0.1) is 0 Å². The molecule has 1 atom stereocenters. The Morgan fingerprint density at radius 3 is 2.60 bits per heavy atom. The number of carbonyl (C=O) groups excluding carboxylic acids is 1. The largest absolute Gasteiger partial charge is 0.417 e. The quantitative estimate of drug-likeness (QED) is 0.337. The van der Waals surface area contributed by atoms with E-state index < -0.39 is 23.7 Å². The van der Waals surface area contributed by atoms with Gasteiger partial charge in [0, 0.05) is 10.0 Å². The number of amidine groups is 1. The number of oxime groups is 1. The minimum atomic E-state index is -4.58. The van der Waals surface area contributed by atoms with Crippen LogP contribution in [-0.4, -0.2) is 23.0 Å². The number of alkyl halides is 3. The van der Waals surface area contributed by atoms with Gasteiger partial charge in [-0.25, -0.2) is 0 Å². The Morgan fingerprint density at radius 1 is 1.50 bits per heavy atom. The molecule has 1 rings (SSSR count). The number of halogens is 4. The second-order valence-electron chi connectivity index (χ2n) is 3.91. The standard InChI is InChI=1S/C11H11BrF3N3O2/c1-5(9(16)18-20)17-10(19)6-2-3-8(12)7(4-6)11(13,14)15/h2-5,20H,1H3,(H2,16,18)(H,17,19). The average Bonchev–Trinajstić information content (AvgIpc) is 2.36. The van der Waals surface area contributed by atoms with Crippen molar-refractivity contribution in [2.24, 2.45) is 10.9 Å². The van der Waals surface area contributed by atoms with E-state index in [9.17, 15) is 18.0 Å². The Kier molecular flexibility index (Phi) is 4.98. The van der Waals surface area contributed by atoms with Crippen molar-refractivity contribution < 1.29 is 23.2 Å². The zero-order valence-corrected chi connectivity index (χ0v) is 11.8. The van der Waals surface area contributed by atoms with Crippen LogP contribution < -0.4 is 11.1 Å². The third-order valence-electron chi connectivity index (χ3n) is 2.44. The van der Waals surface area contributed by atoms with Gasteiger partial charge in [-0.1, -0.05) is 21.1 Å². The van der Waals surface area contributed by atoms with Gasteiger partial charge in [0.05, 0.1) is 11.6 Å². The maximum atomic E-state index is 12.7. The molecule has 1 aromatic carbocycles. The number of nitrogens with one attached hydrogen (secondary N) is 1. The van der Waals surface area contributed by atoms with E-state index in [4.69, 9.17) is 10.9 Å². The molecule has 4 N–H and O–H groups in total. The normalized spacial score (nSPS) is 13.9. The molecule has 0 bridgehead atoms. The summed E-state index contributed by atoms with van der Waals surface area (Å²) < 4.78 is 37.9. The molecular formula is C11H11BrF3N3O2. The summed E-state index contributed by atoms with van der Waals surface area (Å²) in [5.74, 6) is -1.02. The van der Waals surface area contributed by atoms with E-state index >= 15 is 0 Å². The van der Waals surface area contributed by atoms with E-state index in [0.29, 0.717) is 0 Å². The smallest absolute Gasteiger partial charge is 0.409 e. The fourth-order valence-electron chi connectivity index (χ4n) is 1.32. The van der Waals surface area contributed by atoms with Crippen LogP contribution in [-0.2, 0) is 6.18 Å². The minimum absolute atomic E-state index is 0.161. The van der Waals surface area contributed by atoms with Crippen LogP contribution in [0.4, 0.5) is 13.2 Å². The van der Waals surface area contributed by atoms with Gasteiger partial charge < -0.3 is 16.3 Å². The van der Waals surface area contributed by atoms with Gasteiger partial charge >= 0.3 is 6.18 Å². The van der Waals surface area contributed by atoms with Crippen molar-refractivity contribution >= 4 is 27.7 Å². The first kappa shape index (κ1) is 16.3. The molecule has 0 radical (unpaired) electrons. The van der Waals surface area contributed by atoms with E-state index in [2.05, 4.69) is 26.4 Å². The van der Waals surface area contributed by atoms with Gasteiger partial charge in [-0.05, 0) is 25.1 Å². The van der Waals surface area contributed by atoms with Crippen LogP contribution in [0, 0.1) is 0 Å². The zero-order valence-electron chi connectivity index (χ0n) is 10.2. The average molecular weight is 354 g/mol. The van der Waals surface area contributed by atoms with Crippen molar-refractivity contribution in [1.82, 2.24) is 5.32 Å². The first-order chi connectivity index (χ1) is 9.16. The van der Waals surface area contributed by atoms with Crippen LogP contribution in [0.15, 0.2) is 27.8 Å². The lowest BCUT2D eigenvalue weighted by Gasteiger charge is -2.14. The molecule has 110 valence electrons. The molecule has 0 aliphatic carbocycles. The third-order valence-corrected chi connectivity index (χ3v) is 3.13. The molecule has 20 heavy (non-hydrogen) atoms. The first-order valence-electron chi connectivity index (χ1n) is 5.32. The van der Waals surface area contributed by atoms with E-state index in [1.165, 1.54) is 13.0 Å². The molecule has 0 spiro atoms. The predicted octanol–water partition coefficient (Wildman–Crippen LogP) is 2.33. The Labute approximate surface area is 120 Å². The van der Waals surface area contributed by atoms with Crippen molar-refractivity contribution in [2.45, 2.75) is 19.1 Å². The first-order valence-corrected chi connectivity index (χ1v) is 6.11. The van der Waals surface area contributed by atoms with Crippen LogP contribution in [0.2, 0.25) is 0 Å². The van der Waals surface area contributed by atoms with E-state index in [1.807, 2.05) is 0 Å². The van der Waals surface area contributed by atoms with Gasteiger partial charge in [0.2, 0.25) is 0 Å². The number of rotatable bonds is 3. The van der Waals surface area contributed by atoms with E-state index in [0.717, 1.165) is 12.1 Å². The summed E-state index contributed by atoms with van der Waals surface area (Å²) in [5, 5.41) is 13.4. The van der Waals surface area contributed by atoms with Gasteiger partial charge in [0.25, 0.3) is 5.91 Å². The number of hydrogen-bond donors (Lipinski definition) is 3. The maximum absolute atomic E-state index is 12.7.